The summed E-state index contributed by atoms with van der Waals surface area (Å²) in [6, 6.07) is 7.77. The highest BCUT2D eigenvalue weighted by molar-refractivity contribution is 7.18. The van der Waals surface area contributed by atoms with Gasteiger partial charge in [0.1, 0.15) is 11.6 Å². The third-order valence-corrected chi connectivity index (χ3v) is 3.44. The van der Waals surface area contributed by atoms with Crippen LogP contribution in [0.4, 0.5) is 0 Å². The summed E-state index contributed by atoms with van der Waals surface area (Å²) >= 11 is 1.52. The molecule has 2 rings (SSSR count). The number of aromatic nitrogens is 1. The van der Waals surface area contributed by atoms with Crippen LogP contribution in [0.3, 0.4) is 0 Å². The van der Waals surface area contributed by atoms with Crippen LogP contribution in [0.5, 0.6) is 0 Å². The van der Waals surface area contributed by atoms with Crippen LogP contribution in [0.1, 0.15) is 5.01 Å². The van der Waals surface area contributed by atoms with E-state index in [1.807, 2.05) is 24.3 Å². The van der Waals surface area contributed by atoms with Gasteiger partial charge >= 0.3 is 5.97 Å². The number of carbonyl (C=O) groups excluding carboxylic acids is 2. The van der Waals surface area contributed by atoms with Crippen molar-refractivity contribution in [1.29, 1.82) is 0 Å². The Morgan fingerprint density at radius 1 is 1.30 bits per heavy atom. The van der Waals surface area contributed by atoms with Crippen molar-refractivity contribution in [1.82, 2.24) is 10.3 Å². The molecule has 0 atom stereocenters. The molecule has 0 aliphatic carbocycles. The van der Waals surface area contributed by atoms with Crippen molar-refractivity contribution in [2.45, 2.75) is 6.61 Å². The molecule has 7 heteroatoms. The molecule has 20 heavy (non-hydrogen) atoms. The Morgan fingerprint density at radius 2 is 2.10 bits per heavy atom. The number of hydrogen-bond donors (Lipinski definition) is 1. The molecule has 6 nitrogen and oxygen atoms in total. The Balaban J connectivity index is 1.75. The lowest BCUT2D eigenvalue weighted by Crippen LogP contribution is -2.26. The molecule has 0 fully saturated rings. The molecule has 0 unspecified atom stereocenters. The summed E-state index contributed by atoms with van der Waals surface area (Å²) in [5.74, 6) is -0.931. The maximum Gasteiger partial charge on any atom is 0.332 e. The smallest absolute Gasteiger partial charge is 0.332 e. The van der Waals surface area contributed by atoms with Crippen LogP contribution < -0.4 is 5.32 Å². The minimum atomic E-state index is -0.574. The van der Waals surface area contributed by atoms with E-state index in [0.29, 0.717) is 0 Å². The minimum Gasteiger partial charge on any atom is -0.454 e. The highest BCUT2D eigenvalue weighted by atomic mass is 32.1. The average Bonchev–Trinajstić information content (AvgIpc) is 2.87. The number of fused-ring (bicyclic) bond motifs is 1. The Kier molecular flexibility index (Phi) is 5.03. The lowest BCUT2D eigenvalue weighted by molar-refractivity contribution is -0.153. The van der Waals surface area contributed by atoms with Gasteiger partial charge in [-0.15, -0.1) is 11.3 Å². The van der Waals surface area contributed by atoms with Crippen LogP contribution in [-0.2, 0) is 25.7 Å². The molecule has 0 saturated heterocycles. The number of nitrogens with zero attached hydrogens (tertiary/aromatic N) is 1. The highest BCUT2D eigenvalue weighted by Gasteiger charge is 2.08. The van der Waals surface area contributed by atoms with Gasteiger partial charge in [-0.05, 0) is 12.1 Å². The number of carbonyl (C=O) groups is 2. The number of para-hydroxylation sites is 1. The van der Waals surface area contributed by atoms with Gasteiger partial charge in [0, 0.05) is 7.05 Å². The Labute approximate surface area is 119 Å². The third kappa shape index (κ3) is 4.01. The number of amides is 1. The van der Waals surface area contributed by atoms with E-state index in [1.165, 1.54) is 18.4 Å². The first-order chi connectivity index (χ1) is 9.69. The topological polar surface area (TPSA) is 77.5 Å². The van der Waals surface area contributed by atoms with Gasteiger partial charge in [0.05, 0.1) is 16.8 Å². The molecule has 1 N–H and O–H groups in total. The van der Waals surface area contributed by atoms with Crippen molar-refractivity contribution in [3.8, 4) is 0 Å². The normalized spacial score (nSPS) is 10.4. The van der Waals surface area contributed by atoms with Gasteiger partial charge in [-0.3, -0.25) is 4.79 Å². The molecule has 1 aromatic heterocycles. The van der Waals surface area contributed by atoms with Crippen LogP contribution in [0.2, 0.25) is 0 Å². The van der Waals surface area contributed by atoms with Crippen LogP contribution in [0.15, 0.2) is 24.3 Å². The molecule has 0 saturated carbocycles. The fraction of sp³-hybridized carbons (Fsp3) is 0.308. The van der Waals surface area contributed by atoms with E-state index >= 15 is 0 Å². The second-order valence-electron chi connectivity index (χ2n) is 3.90. The standard InChI is InChI=1S/C13H14N2O4S/c1-14-11(16)6-19-13(17)8-18-7-12-15-9-4-2-3-5-10(9)20-12/h2-5H,6-8H2,1H3,(H,14,16). The van der Waals surface area contributed by atoms with Crippen LogP contribution >= 0.6 is 11.3 Å². The second kappa shape index (κ2) is 6.97. The van der Waals surface area contributed by atoms with Crippen molar-refractivity contribution in [3.05, 3.63) is 29.3 Å². The zero-order chi connectivity index (χ0) is 14.4. The number of rotatable bonds is 6. The predicted octanol–water partition coefficient (Wildman–Crippen LogP) is 1.10. The molecular formula is C13H14N2O4S. The monoisotopic (exact) mass is 294 g/mol. The fourth-order valence-electron chi connectivity index (χ4n) is 1.46. The van der Waals surface area contributed by atoms with Crippen LogP contribution in [0, 0.1) is 0 Å². The van der Waals surface area contributed by atoms with Crippen molar-refractivity contribution in [2.75, 3.05) is 20.3 Å². The summed E-state index contributed by atoms with van der Waals surface area (Å²) in [5.41, 5.74) is 0.915. The van der Waals surface area contributed by atoms with Crippen LogP contribution in [-0.4, -0.2) is 37.1 Å². The van der Waals surface area contributed by atoms with Crippen molar-refractivity contribution in [3.63, 3.8) is 0 Å². The molecular weight excluding hydrogens is 280 g/mol. The van der Waals surface area contributed by atoms with Gasteiger partial charge in [-0.2, -0.15) is 0 Å². The number of esters is 1. The van der Waals surface area contributed by atoms with Gasteiger partial charge in [0.25, 0.3) is 5.91 Å². The molecule has 1 aromatic carbocycles. The Hall–Kier alpha value is -1.99. The molecule has 0 aliphatic heterocycles. The number of ether oxygens (including phenoxy) is 2. The van der Waals surface area contributed by atoms with Gasteiger partial charge in [0.15, 0.2) is 6.61 Å². The minimum absolute atomic E-state index is 0.201. The number of nitrogens with one attached hydrogen (secondary N) is 1. The van der Waals surface area contributed by atoms with Gasteiger partial charge in [-0.25, -0.2) is 9.78 Å². The van der Waals surface area contributed by atoms with Gasteiger partial charge < -0.3 is 14.8 Å². The quantitative estimate of drug-likeness (QED) is 0.807. The first kappa shape index (κ1) is 14.4. The third-order valence-electron chi connectivity index (χ3n) is 2.43. The number of benzene rings is 1. The number of likely N-dealkylation sites (N-methyl/N-ethyl adjacent to an activating group) is 1. The van der Waals surface area contributed by atoms with Crippen molar-refractivity contribution >= 4 is 33.4 Å². The maximum absolute atomic E-state index is 11.3. The van der Waals surface area contributed by atoms with Crippen molar-refractivity contribution < 1.29 is 19.1 Å². The summed E-state index contributed by atoms with van der Waals surface area (Å²) in [6.45, 7) is -0.249. The number of thiazole rings is 1. The van der Waals surface area contributed by atoms with Crippen molar-refractivity contribution in [2.24, 2.45) is 0 Å². The lowest BCUT2D eigenvalue weighted by atomic mass is 10.3. The summed E-state index contributed by atoms with van der Waals surface area (Å²) in [4.78, 5) is 26.5. The van der Waals surface area contributed by atoms with E-state index in [1.54, 1.807) is 0 Å². The molecule has 0 spiro atoms. The zero-order valence-electron chi connectivity index (χ0n) is 10.9. The predicted molar refractivity (Wildman–Crippen MR) is 74.3 cm³/mol. The largest absolute Gasteiger partial charge is 0.454 e. The molecule has 106 valence electrons. The summed E-state index contributed by atoms with van der Waals surface area (Å²) in [7, 11) is 1.47. The summed E-state index contributed by atoms with van der Waals surface area (Å²) in [6.07, 6.45) is 0. The maximum atomic E-state index is 11.3. The van der Waals surface area contributed by atoms with E-state index in [4.69, 9.17) is 9.47 Å². The molecule has 0 bridgehead atoms. The van der Waals surface area contributed by atoms with Gasteiger partial charge in [0.2, 0.25) is 0 Å². The lowest BCUT2D eigenvalue weighted by Gasteiger charge is -2.03. The zero-order valence-corrected chi connectivity index (χ0v) is 11.7. The van der Waals surface area contributed by atoms with E-state index in [2.05, 4.69) is 10.3 Å². The van der Waals surface area contributed by atoms with E-state index in [-0.39, 0.29) is 25.7 Å². The first-order valence-corrected chi connectivity index (χ1v) is 6.79. The van der Waals surface area contributed by atoms with Gasteiger partial charge in [-0.1, -0.05) is 12.1 Å². The van der Waals surface area contributed by atoms with E-state index < -0.39 is 5.97 Å². The summed E-state index contributed by atoms with van der Waals surface area (Å²) in [5, 5.41) is 3.15. The first-order valence-electron chi connectivity index (χ1n) is 5.97. The fourth-order valence-corrected chi connectivity index (χ4v) is 2.37. The van der Waals surface area contributed by atoms with E-state index in [0.717, 1.165) is 15.2 Å². The van der Waals surface area contributed by atoms with Crippen LogP contribution in [0.25, 0.3) is 10.2 Å². The second-order valence-corrected chi connectivity index (χ2v) is 5.02. The van der Waals surface area contributed by atoms with E-state index in [9.17, 15) is 9.59 Å². The average molecular weight is 294 g/mol. The Morgan fingerprint density at radius 3 is 2.85 bits per heavy atom. The molecule has 0 radical (unpaired) electrons. The SMILES string of the molecule is CNC(=O)COC(=O)COCc1nc2ccccc2s1. The number of hydrogen-bond acceptors (Lipinski definition) is 6. The molecule has 1 heterocycles. The highest BCUT2D eigenvalue weighted by Crippen LogP contribution is 2.21. The summed E-state index contributed by atoms with van der Waals surface area (Å²) < 4.78 is 11.0. The molecule has 0 aliphatic rings. The molecule has 2 aromatic rings. The Bertz CT molecular complexity index is 578. The molecule has 1 amide bonds.